The van der Waals surface area contributed by atoms with Crippen LogP contribution in [0.1, 0.15) is 16.8 Å². The maximum atomic E-state index is 9.83. The van der Waals surface area contributed by atoms with E-state index in [1.807, 2.05) is 32.2 Å². The average molecular weight is 217 g/mol. The number of hydrogen-bond acceptors (Lipinski definition) is 3. The fourth-order valence-corrected chi connectivity index (χ4v) is 1.65. The van der Waals surface area contributed by atoms with Crippen molar-refractivity contribution in [3.8, 4) is 11.4 Å². The fourth-order valence-electron chi connectivity index (χ4n) is 1.65. The third-order valence-electron chi connectivity index (χ3n) is 2.60. The molecule has 0 aliphatic carbocycles. The Labute approximate surface area is 94.3 Å². The molecule has 0 fully saturated rings. The average Bonchev–Trinajstić information content (AvgIpc) is 2.59. The summed E-state index contributed by atoms with van der Waals surface area (Å²) in [7, 11) is 0. The van der Waals surface area contributed by atoms with E-state index in [4.69, 9.17) is 5.73 Å². The summed E-state index contributed by atoms with van der Waals surface area (Å²) in [5, 5.41) is 14.1. The van der Waals surface area contributed by atoms with Crippen LogP contribution in [0.4, 0.5) is 0 Å². The molecule has 1 aromatic carbocycles. The molecule has 0 saturated carbocycles. The molecule has 1 aromatic heterocycles. The molecule has 0 radical (unpaired) electrons. The Kier molecular flexibility index (Phi) is 2.66. The lowest BCUT2D eigenvalue weighted by atomic mass is 10.2. The van der Waals surface area contributed by atoms with Crippen molar-refractivity contribution in [3.05, 3.63) is 41.2 Å². The first-order valence-electron chi connectivity index (χ1n) is 5.17. The van der Waals surface area contributed by atoms with Gasteiger partial charge in [0.1, 0.15) is 11.4 Å². The van der Waals surface area contributed by atoms with Crippen LogP contribution in [0.15, 0.2) is 24.4 Å². The molecule has 0 atom stereocenters. The number of phenols is 1. The largest absolute Gasteiger partial charge is 0.506 e. The zero-order chi connectivity index (χ0) is 11.7. The van der Waals surface area contributed by atoms with Gasteiger partial charge in [-0.25, -0.2) is 4.68 Å². The second-order valence-corrected chi connectivity index (χ2v) is 3.88. The maximum absolute atomic E-state index is 9.83. The maximum Gasteiger partial charge on any atom is 0.141 e. The van der Waals surface area contributed by atoms with Crippen molar-refractivity contribution >= 4 is 0 Å². The number of nitrogens with zero attached hydrogens (tertiary/aromatic N) is 2. The number of rotatable bonds is 2. The minimum atomic E-state index is 0.228. The van der Waals surface area contributed by atoms with E-state index in [1.165, 1.54) is 0 Å². The van der Waals surface area contributed by atoms with Gasteiger partial charge < -0.3 is 10.8 Å². The van der Waals surface area contributed by atoms with E-state index in [1.54, 1.807) is 10.7 Å². The van der Waals surface area contributed by atoms with Crippen molar-refractivity contribution in [3.63, 3.8) is 0 Å². The predicted molar refractivity (Wildman–Crippen MR) is 62.6 cm³/mol. The van der Waals surface area contributed by atoms with Gasteiger partial charge in [0.15, 0.2) is 0 Å². The van der Waals surface area contributed by atoms with Crippen LogP contribution in [0.2, 0.25) is 0 Å². The lowest BCUT2D eigenvalue weighted by molar-refractivity contribution is 0.470. The van der Waals surface area contributed by atoms with Gasteiger partial charge in [-0.2, -0.15) is 5.10 Å². The minimum absolute atomic E-state index is 0.228. The molecular formula is C12H15N3O. The molecule has 4 nitrogen and oxygen atoms in total. The highest BCUT2D eigenvalue weighted by Crippen LogP contribution is 2.23. The molecule has 16 heavy (non-hydrogen) atoms. The normalized spacial score (nSPS) is 10.7. The molecule has 3 N–H and O–H groups in total. The van der Waals surface area contributed by atoms with Crippen LogP contribution in [0.3, 0.4) is 0 Å². The number of nitrogens with two attached hydrogens (primary N) is 1. The van der Waals surface area contributed by atoms with Gasteiger partial charge in [-0.3, -0.25) is 0 Å². The van der Waals surface area contributed by atoms with E-state index >= 15 is 0 Å². The van der Waals surface area contributed by atoms with E-state index in [-0.39, 0.29) is 5.75 Å². The highest BCUT2D eigenvalue weighted by Gasteiger charge is 2.08. The molecule has 0 aliphatic rings. The van der Waals surface area contributed by atoms with Crippen LogP contribution in [-0.2, 0) is 6.54 Å². The van der Waals surface area contributed by atoms with E-state index in [0.717, 1.165) is 16.8 Å². The zero-order valence-electron chi connectivity index (χ0n) is 9.44. The standard InChI is InChI=1S/C12H15N3O/c1-8-3-4-11(12(16)5-8)15-7-10(6-13)9(2)14-15/h3-5,7,16H,6,13H2,1-2H3. The van der Waals surface area contributed by atoms with Crippen molar-refractivity contribution in [2.24, 2.45) is 5.73 Å². The first-order valence-corrected chi connectivity index (χ1v) is 5.17. The summed E-state index contributed by atoms with van der Waals surface area (Å²) in [5.74, 6) is 0.228. The molecule has 0 saturated heterocycles. The summed E-state index contributed by atoms with van der Waals surface area (Å²) in [5.41, 5.74) is 9.16. The Morgan fingerprint density at radius 1 is 1.38 bits per heavy atom. The summed E-state index contributed by atoms with van der Waals surface area (Å²) in [6.45, 7) is 4.30. The second kappa shape index (κ2) is 3.98. The highest BCUT2D eigenvalue weighted by atomic mass is 16.3. The molecule has 1 heterocycles. The van der Waals surface area contributed by atoms with Crippen molar-refractivity contribution in [2.45, 2.75) is 20.4 Å². The Morgan fingerprint density at radius 2 is 2.12 bits per heavy atom. The van der Waals surface area contributed by atoms with E-state index in [2.05, 4.69) is 5.10 Å². The number of benzene rings is 1. The van der Waals surface area contributed by atoms with Crippen LogP contribution in [0.5, 0.6) is 5.75 Å². The smallest absolute Gasteiger partial charge is 0.141 e. The fraction of sp³-hybridized carbons (Fsp3) is 0.250. The first-order chi connectivity index (χ1) is 7.61. The van der Waals surface area contributed by atoms with Gasteiger partial charge in [0, 0.05) is 18.3 Å². The van der Waals surface area contributed by atoms with Crippen LogP contribution >= 0.6 is 0 Å². The summed E-state index contributed by atoms with van der Waals surface area (Å²) in [6, 6.07) is 5.50. The summed E-state index contributed by atoms with van der Waals surface area (Å²) >= 11 is 0. The number of phenolic OH excluding ortho intramolecular Hbond substituents is 1. The molecule has 84 valence electrons. The minimum Gasteiger partial charge on any atom is -0.506 e. The van der Waals surface area contributed by atoms with Gasteiger partial charge in [0.25, 0.3) is 0 Å². The number of aromatic hydroxyl groups is 1. The quantitative estimate of drug-likeness (QED) is 0.804. The Hall–Kier alpha value is -1.81. The Morgan fingerprint density at radius 3 is 2.69 bits per heavy atom. The summed E-state index contributed by atoms with van der Waals surface area (Å²) in [6.07, 6.45) is 1.85. The Bertz CT molecular complexity index is 517. The third kappa shape index (κ3) is 1.79. The second-order valence-electron chi connectivity index (χ2n) is 3.88. The van der Waals surface area contributed by atoms with Gasteiger partial charge in [-0.1, -0.05) is 6.07 Å². The summed E-state index contributed by atoms with van der Waals surface area (Å²) < 4.78 is 1.66. The van der Waals surface area contributed by atoms with Crippen molar-refractivity contribution in [1.29, 1.82) is 0 Å². The van der Waals surface area contributed by atoms with Crippen LogP contribution < -0.4 is 5.73 Å². The molecule has 0 amide bonds. The van der Waals surface area contributed by atoms with Crippen LogP contribution in [0, 0.1) is 13.8 Å². The van der Waals surface area contributed by atoms with Crippen molar-refractivity contribution in [2.75, 3.05) is 0 Å². The highest BCUT2D eigenvalue weighted by molar-refractivity contribution is 5.47. The number of aromatic nitrogens is 2. The van der Waals surface area contributed by atoms with E-state index in [0.29, 0.717) is 12.2 Å². The summed E-state index contributed by atoms with van der Waals surface area (Å²) in [4.78, 5) is 0. The van der Waals surface area contributed by atoms with Crippen LogP contribution in [-0.4, -0.2) is 14.9 Å². The third-order valence-corrected chi connectivity index (χ3v) is 2.60. The van der Waals surface area contributed by atoms with Gasteiger partial charge >= 0.3 is 0 Å². The van der Waals surface area contributed by atoms with Crippen molar-refractivity contribution in [1.82, 2.24) is 9.78 Å². The molecular weight excluding hydrogens is 202 g/mol. The molecule has 2 aromatic rings. The molecule has 2 rings (SSSR count). The topological polar surface area (TPSA) is 64.1 Å². The first kappa shape index (κ1) is 10.7. The van der Waals surface area contributed by atoms with E-state index in [9.17, 15) is 5.11 Å². The number of hydrogen-bond donors (Lipinski definition) is 2. The lowest BCUT2D eigenvalue weighted by Crippen LogP contribution is -1.96. The SMILES string of the molecule is Cc1ccc(-n2cc(CN)c(C)n2)c(O)c1. The molecule has 0 aliphatic heterocycles. The molecule has 0 spiro atoms. The number of aryl methyl sites for hydroxylation is 2. The molecule has 0 unspecified atom stereocenters. The lowest BCUT2D eigenvalue weighted by Gasteiger charge is -2.04. The van der Waals surface area contributed by atoms with Crippen LogP contribution in [0.25, 0.3) is 5.69 Å². The van der Waals surface area contributed by atoms with Gasteiger partial charge in [0.2, 0.25) is 0 Å². The van der Waals surface area contributed by atoms with Crippen molar-refractivity contribution < 1.29 is 5.11 Å². The molecule has 4 heteroatoms. The van der Waals surface area contributed by atoms with Gasteiger partial charge in [-0.15, -0.1) is 0 Å². The van der Waals surface area contributed by atoms with E-state index < -0.39 is 0 Å². The Balaban J connectivity index is 2.50. The zero-order valence-corrected chi connectivity index (χ0v) is 9.44. The monoisotopic (exact) mass is 217 g/mol. The van der Waals surface area contributed by atoms with Gasteiger partial charge in [-0.05, 0) is 31.5 Å². The predicted octanol–water partition coefficient (Wildman–Crippen LogP) is 1.65. The van der Waals surface area contributed by atoms with Gasteiger partial charge in [0.05, 0.1) is 5.69 Å². The molecule has 0 bridgehead atoms.